The van der Waals surface area contributed by atoms with E-state index >= 15 is 0 Å². The zero-order valence-electron chi connectivity index (χ0n) is 9.16. The number of hydrogen-bond acceptors (Lipinski definition) is 3. The molecule has 0 aromatic carbocycles. The summed E-state index contributed by atoms with van der Waals surface area (Å²) >= 11 is 0. The number of esters is 1. The summed E-state index contributed by atoms with van der Waals surface area (Å²) in [5.74, 6) is -1.41. The Morgan fingerprint density at radius 1 is 1.29 bits per heavy atom. The van der Waals surface area contributed by atoms with Gasteiger partial charge in [-0.05, 0) is 26.7 Å². The second-order valence-corrected chi connectivity index (χ2v) is 4.49. The van der Waals surface area contributed by atoms with Crippen molar-refractivity contribution in [1.82, 2.24) is 0 Å². The molecule has 0 aromatic heterocycles. The van der Waals surface area contributed by atoms with Crippen molar-refractivity contribution in [3.05, 3.63) is 0 Å². The van der Waals surface area contributed by atoms with E-state index in [9.17, 15) is 9.59 Å². The Kier molecular flexibility index (Phi) is 4.60. The lowest BCUT2D eigenvalue weighted by Gasteiger charge is -2.20. The predicted molar refractivity (Wildman–Crippen MR) is 51.9 cm³/mol. The first kappa shape index (κ1) is 12.9. The summed E-state index contributed by atoms with van der Waals surface area (Å²) in [5.41, 5.74) is -0.500. The van der Waals surface area contributed by atoms with Crippen LogP contribution in [0.15, 0.2) is 0 Å². The van der Waals surface area contributed by atoms with E-state index in [1.54, 1.807) is 27.7 Å². The minimum atomic E-state index is -0.888. The largest absolute Gasteiger partial charge is 0.481 e. The Morgan fingerprint density at radius 3 is 2.14 bits per heavy atom. The highest BCUT2D eigenvalue weighted by Gasteiger charge is 2.19. The SMILES string of the molecule is CC(CC(=O)O)CC(=O)OC(C)(C)C. The van der Waals surface area contributed by atoms with E-state index in [4.69, 9.17) is 9.84 Å². The number of aliphatic carboxylic acids is 1. The lowest BCUT2D eigenvalue weighted by atomic mass is 10.0. The fraction of sp³-hybridized carbons (Fsp3) is 0.800. The highest BCUT2D eigenvalue weighted by atomic mass is 16.6. The first-order valence-corrected chi connectivity index (χ1v) is 4.64. The first-order chi connectivity index (χ1) is 6.20. The number of hydrogen-bond donors (Lipinski definition) is 1. The Morgan fingerprint density at radius 2 is 1.79 bits per heavy atom. The standard InChI is InChI=1S/C10H18O4/c1-7(5-8(11)12)6-9(13)14-10(2,3)4/h7H,5-6H2,1-4H3,(H,11,12). The molecule has 4 heteroatoms. The average molecular weight is 202 g/mol. The molecule has 0 saturated carbocycles. The summed E-state index contributed by atoms with van der Waals surface area (Å²) in [7, 11) is 0. The average Bonchev–Trinajstić information content (AvgIpc) is 1.77. The number of carboxylic acid groups (broad SMARTS) is 1. The molecule has 0 heterocycles. The lowest BCUT2D eigenvalue weighted by Crippen LogP contribution is -2.25. The van der Waals surface area contributed by atoms with Gasteiger partial charge in [-0.3, -0.25) is 9.59 Å². The van der Waals surface area contributed by atoms with Crippen molar-refractivity contribution < 1.29 is 19.4 Å². The Balaban J connectivity index is 3.89. The molecule has 0 aliphatic heterocycles. The van der Waals surface area contributed by atoms with Crippen LogP contribution in [0.1, 0.15) is 40.5 Å². The second kappa shape index (κ2) is 4.98. The van der Waals surface area contributed by atoms with E-state index in [0.717, 1.165) is 0 Å². The van der Waals surface area contributed by atoms with E-state index in [1.807, 2.05) is 0 Å². The molecule has 0 aromatic rings. The van der Waals surface area contributed by atoms with Gasteiger partial charge in [-0.1, -0.05) is 6.92 Å². The maximum atomic E-state index is 11.2. The van der Waals surface area contributed by atoms with Gasteiger partial charge in [-0.25, -0.2) is 0 Å². The van der Waals surface area contributed by atoms with E-state index in [2.05, 4.69) is 0 Å². The number of carbonyl (C=O) groups excluding carboxylic acids is 1. The van der Waals surface area contributed by atoms with Gasteiger partial charge in [0, 0.05) is 12.8 Å². The third-order valence-corrected chi connectivity index (χ3v) is 1.46. The van der Waals surface area contributed by atoms with Crippen LogP contribution >= 0.6 is 0 Å². The van der Waals surface area contributed by atoms with Crippen LogP contribution in [-0.4, -0.2) is 22.6 Å². The monoisotopic (exact) mass is 202 g/mol. The quantitative estimate of drug-likeness (QED) is 0.706. The van der Waals surface area contributed by atoms with Gasteiger partial charge in [0.25, 0.3) is 0 Å². The van der Waals surface area contributed by atoms with Crippen LogP contribution in [0.2, 0.25) is 0 Å². The second-order valence-electron chi connectivity index (χ2n) is 4.49. The van der Waals surface area contributed by atoms with Gasteiger partial charge in [0.2, 0.25) is 0 Å². The topological polar surface area (TPSA) is 63.6 Å². The number of rotatable bonds is 4. The molecule has 0 aliphatic rings. The van der Waals surface area contributed by atoms with Crippen molar-refractivity contribution in [3.63, 3.8) is 0 Å². The number of ether oxygens (including phenoxy) is 1. The van der Waals surface area contributed by atoms with Crippen LogP contribution in [-0.2, 0) is 14.3 Å². The Bertz CT molecular complexity index is 215. The van der Waals surface area contributed by atoms with E-state index in [0.29, 0.717) is 0 Å². The van der Waals surface area contributed by atoms with Crippen molar-refractivity contribution >= 4 is 11.9 Å². The maximum Gasteiger partial charge on any atom is 0.306 e. The van der Waals surface area contributed by atoms with Crippen LogP contribution in [0, 0.1) is 5.92 Å². The molecule has 0 saturated heterocycles. The highest BCUT2D eigenvalue weighted by molar-refractivity contribution is 5.72. The fourth-order valence-corrected chi connectivity index (χ4v) is 1.04. The van der Waals surface area contributed by atoms with Gasteiger partial charge in [0.1, 0.15) is 5.60 Å². The molecule has 1 atom stereocenters. The molecule has 14 heavy (non-hydrogen) atoms. The molecule has 0 radical (unpaired) electrons. The van der Waals surface area contributed by atoms with Crippen molar-refractivity contribution in [1.29, 1.82) is 0 Å². The molecule has 0 bridgehead atoms. The van der Waals surface area contributed by atoms with Crippen molar-refractivity contribution in [2.75, 3.05) is 0 Å². The normalized spacial score (nSPS) is 13.4. The smallest absolute Gasteiger partial charge is 0.306 e. The summed E-state index contributed by atoms with van der Waals surface area (Å²) in [6.45, 7) is 7.07. The molecule has 0 fully saturated rings. The van der Waals surface area contributed by atoms with Crippen LogP contribution < -0.4 is 0 Å². The van der Waals surface area contributed by atoms with Gasteiger partial charge < -0.3 is 9.84 Å². The molecule has 0 spiro atoms. The van der Waals surface area contributed by atoms with Crippen molar-refractivity contribution in [2.45, 2.75) is 46.1 Å². The molecule has 1 unspecified atom stereocenters. The van der Waals surface area contributed by atoms with Gasteiger partial charge in [0.05, 0.1) is 0 Å². The van der Waals surface area contributed by atoms with Gasteiger partial charge >= 0.3 is 11.9 Å². The van der Waals surface area contributed by atoms with Crippen LogP contribution in [0.4, 0.5) is 0 Å². The summed E-state index contributed by atoms with van der Waals surface area (Å²) in [6, 6.07) is 0. The van der Waals surface area contributed by atoms with E-state index in [1.165, 1.54) is 0 Å². The molecule has 0 amide bonds. The zero-order chi connectivity index (χ0) is 11.4. The molecular formula is C10H18O4. The molecular weight excluding hydrogens is 184 g/mol. The van der Waals surface area contributed by atoms with Gasteiger partial charge in [-0.2, -0.15) is 0 Å². The number of carboxylic acids is 1. The van der Waals surface area contributed by atoms with Crippen LogP contribution in [0.25, 0.3) is 0 Å². The Hall–Kier alpha value is -1.06. The van der Waals surface area contributed by atoms with Crippen LogP contribution in [0.3, 0.4) is 0 Å². The van der Waals surface area contributed by atoms with Gasteiger partial charge in [-0.15, -0.1) is 0 Å². The predicted octanol–water partition coefficient (Wildman–Crippen LogP) is 1.83. The lowest BCUT2D eigenvalue weighted by molar-refractivity contribution is -0.156. The molecule has 4 nitrogen and oxygen atoms in total. The minimum Gasteiger partial charge on any atom is -0.481 e. The molecule has 1 N–H and O–H groups in total. The van der Waals surface area contributed by atoms with Crippen molar-refractivity contribution in [2.24, 2.45) is 5.92 Å². The number of carbonyl (C=O) groups is 2. The summed E-state index contributed by atoms with van der Waals surface area (Å²) in [5, 5.41) is 8.48. The van der Waals surface area contributed by atoms with E-state index in [-0.39, 0.29) is 24.7 Å². The van der Waals surface area contributed by atoms with Crippen LogP contribution in [0.5, 0.6) is 0 Å². The third kappa shape index (κ3) is 7.58. The molecule has 0 rings (SSSR count). The summed E-state index contributed by atoms with van der Waals surface area (Å²) < 4.78 is 5.06. The molecule has 82 valence electrons. The minimum absolute atomic E-state index is 0.000751. The Labute approximate surface area is 84.3 Å². The van der Waals surface area contributed by atoms with Gasteiger partial charge in [0.15, 0.2) is 0 Å². The summed E-state index contributed by atoms with van der Waals surface area (Å²) in [4.78, 5) is 21.6. The summed E-state index contributed by atoms with van der Waals surface area (Å²) in [6.07, 6.45) is 0.156. The maximum absolute atomic E-state index is 11.2. The molecule has 0 aliphatic carbocycles. The highest BCUT2D eigenvalue weighted by Crippen LogP contribution is 2.13. The zero-order valence-corrected chi connectivity index (χ0v) is 9.16. The van der Waals surface area contributed by atoms with E-state index < -0.39 is 11.6 Å². The third-order valence-electron chi connectivity index (χ3n) is 1.46. The fourth-order valence-electron chi connectivity index (χ4n) is 1.04. The van der Waals surface area contributed by atoms with Crippen molar-refractivity contribution in [3.8, 4) is 0 Å². The first-order valence-electron chi connectivity index (χ1n) is 4.64.